The third kappa shape index (κ3) is 5.19. The molecule has 33 heavy (non-hydrogen) atoms. The van der Waals surface area contributed by atoms with Crippen molar-refractivity contribution in [3.63, 3.8) is 0 Å². The Morgan fingerprint density at radius 1 is 1.09 bits per heavy atom. The van der Waals surface area contributed by atoms with Gasteiger partial charge in [-0.15, -0.1) is 10.2 Å². The maximum absolute atomic E-state index is 13.3. The van der Waals surface area contributed by atoms with Crippen LogP contribution in [0.25, 0.3) is 5.69 Å². The molecule has 0 radical (unpaired) electrons. The maximum Gasteiger partial charge on any atom is 0.237 e. The minimum absolute atomic E-state index is 0.193. The molecule has 3 aliphatic rings. The molecular weight excluding hydrogens is 430 g/mol. The van der Waals surface area contributed by atoms with Crippen LogP contribution in [0, 0.1) is 0 Å². The summed E-state index contributed by atoms with van der Waals surface area (Å²) in [5.74, 6) is 1.58. The molecule has 0 spiro atoms. The highest BCUT2D eigenvalue weighted by Crippen LogP contribution is 2.35. The summed E-state index contributed by atoms with van der Waals surface area (Å²) < 4.78 is 2.17. The fraction of sp³-hybridized carbons (Fsp3) is 0.577. The van der Waals surface area contributed by atoms with Crippen LogP contribution >= 0.6 is 11.8 Å². The standard InChI is InChI=1S/C26H35N5OS/c1-20(29-17-9-4-10-18-29)25-27-28-26(31(25)22-13-7-3-8-14-22)33-19-24(32)30(23-15-16-23)21-11-5-2-6-12-21/h3,7-8,11,13-14,20,23H,2,4-6,9-10,12,15-19H2,1H3. The Hall–Kier alpha value is -2.12. The van der Waals surface area contributed by atoms with Crippen LogP contribution in [0.5, 0.6) is 0 Å². The molecule has 176 valence electrons. The number of carbonyl (C=O) groups is 1. The summed E-state index contributed by atoms with van der Waals surface area (Å²) >= 11 is 1.52. The van der Waals surface area contributed by atoms with Crippen molar-refractivity contribution in [2.75, 3.05) is 18.8 Å². The van der Waals surface area contributed by atoms with Crippen LogP contribution in [0.4, 0.5) is 0 Å². The lowest BCUT2D eigenvalue weighted by molar-refractivity contribution is -0.127. The quantitative estimate of drug-likeness (QED) is 0.492. The second kappa shape index (κ2) is 10.4. The number of aromatic nitrogens is 3. The fourth-order valence-electron chi connectivity index (χ4n) is 5.10. The summed E-state index contributed by atoms with van der Waals surface area (Å²) in [6, 6.07) is 10.9. The van der Waals surface area contributed by atoms with Gasteiger partial charge in [0.15, 0.2) is 11.0 Å². The van der Waals surface area contributed by atoms with Crippen LogP contribution in [0.15, 0.2) is 47.3 Å². The molecule has 1 saturated heterocycles. The Labute approximate surface area is 201 Å². The second-order valence-electron chi connectivity index (χ2n) is 9.51. The second-order valence-corrected chi connectivity index (χ2v) is 10.5. The highest BCUT2D eigenvalue weighted by atomic mass is 32.2. The lowest BCUT2D eigenvalue weighted by Gasteiger charge is -2.32. The van der Waals surface area contributed by atoms with Crippen molar-refractivity contribution in [3.8, 4) is 5.69 Å². The molecule has 0 N–H and O–H groups in total. The Morgan fingerprint density at radius 2 is 1.88 bits per heavy atom. The van der Waals surface area contributed by atoms with Crippen molar-refractivity contribution in [3.05, 3.63) is 47.9 Å². The largest absolute Gasteiger partial charge is 0.313 e. The molecule has 1 saturated carbocycles. The summed E-state index contributed by atoms with van der Waals surface area (Å²) in [5.41, 5.74) is 2.31. The van der Waals surface area contributed by atoms with Crippen LogP contribution in [0.1, 0.15) is 76.6 Å². The number of benzene rings is 1. The van der Waals surface area contributed by atoms with Crippen LogP contribution in [0.2, 0.25) is 0 Å². The zero-order chi connectivity index (χ0) is 22.6. The predicted molar refractivity (Wildman–Crippen MR) is 132 cm³/mol. The SMILES string of the molecule is CC(c1nnc(SCC(=O)N(C2=CCCCC2)C2CC2)n1-c1ccccc1)N1CCCCC1. The molecule has 1 unspecified atom stereocenters. The van der Waals surface area contributed by atoms with Gasteiger partial charge in [0.1, 0.15) is 0 Å². The van der Waals surface area contributed by atoms with Crippen LogP contribution in [-0.2, 0) is 4.79 Å². The summed E-state index contributed by atoms with van der Waals surface area (Å²) in [7, 11) is 0. The number of carbonyl (C=O) groups excluding carboxylic acids is 1. The molecule has 2 aliphatic carbocycles. The van der Waals surface area contributed by atoms with Crippen LogP contribution in [-0.4, -0.2) is 55.4 Å². The Bertz CT molecular complexity index is 978. The summed E-state index contributed by atoms with van der Waals surface area (Å²) in [5, 5.41) is 10.0. The van der Waals surface area contributed by atoms with E-state index in [0.717, 1.165) is 55.4 Å². The number of hydrogen-bond donors (Lipinski definition) is 0. The van der Waals surface area contributed by atoms with E-state index in [1.165, 1.54) is 49.6 Å². The zero-order valence-corrected chi connectivity index (χ0v) is 20.5. The minimum Gasteiger partial charge on any atom is -0.313 e. The maximum atomic E-state index is 13.3. The molecule has 2 aromatic rings. The van der Waals surface area contributed by atoms with Crippen molar-refractivity contribution in [2.24, 2.45) is 0 Å². The highest BCUT2D eigenvalue weighted by Gasteiger charge is 2.35. The molecule has 2 heterocycles. The molecule has 1 aromatic carbocycles. The van der Waals surface area contributed by atoms with Crippen molar-refractivity contribution in [1.29, 1.82) is 0 Å². The van der Waals surface area contributed by atoms with E-state index in [9.17, 15) is 4.79 Å². The summed E-state index contributed by atoms with van der Waals surface area (Å²) in [4.78, 5) is 17.9. The van der Waals surface area contributed by atoms with Gasteiger partial charge in [0.2, 0.25) is 5.91 Å². The smallest absolute Gasteiger partial charge is 0.237 e. The number of para-hydroxylation sites is 1. The van der Waals surface area contributed by atoms with Gasteiger partial charge in [0, 0.05) is 17.4 Å². The number of thioether (sulfide) groups is 1. The van der Waals surface area contributed by atoms with E-state index >= 15 is 0 Å². The van der Waals surface area contributed by atoms with Crippen molar-refractivity contribution in [1.82, 2.24) is 24.6 Å². The Balaban J connectivity index is 1.37. The topological polar surface area (TPSA) is 54.3 Å². The number of hydrogen-bond acceptors (Lipinski definition) is 5. The fourth-order valence-corrected chi connectivity index (χ4v) is 5.92. The molecular formula is C26H35N5OS. The number of allylic oxidation sites excluding steroid dienone is 2. The van der Waals surface area contributed by atoms with Gasteiger partial charge in [-0.05, 0) is 83.5 Å². The molecule has 6 nitrogen and oxygen atoms in total. The highest BCUT2D eigenvalue weighted by molar-refractivity contribution is 7.99. The first-order valence-electron chi connectivity index (χ1n) is 12.6. The molecule has 1 amide bonds. The average molecular weight is 466 g/mol. The number of rotatable bonds is 8. The first kappa shape index (κ1) is 22.7. The summed E-state index contributed by atoms with van der Waals surface area (Å²) in [6.45, 7) is 4.45. The predicted octanol–water partition coefficient (Wildman–Crippen LogP) is 5.36. The Morgan fingerprint density at radius 3 is 2.58 bits per heavy atom. The van der Waals surface area contributed by atoms with Gasteiger partial charge in [-0.2, -0.15) is 0 Å². The van der Waals surface area contributed by atoms with Gasteiger partial charge in [-0.25, -0.2) is 0 Å². The van der Waals surface area contributed by atoms with Crippen molar-refractivity contribution >= 4 is 17.7 Å². The van der Waals surface area contributed by atoms with E-state index in [1.807, 2.05) is 6.07 Å². The molecule has 1 aromatic heterocycles. The molecule has 2 fully saturated rings. The van der Waals surface area contributed by atoms with Gasteiger partial charge >= 0.3 is 0 Å². The number of likely N-dealkylation sites (tertiary alicyclic amines) is 1. The molecule has 0 bridgehead atoms. The van der Waals surface area contributed by atoms with E-state index in [1.54, 1.807) is 0 Å². The third-order valence-electron chi connectivity index (χ3n) is 7.07. The molecule has 1 aliphatic heterocycles. The molecule has 5 rings (SSSR count). The van der Waals surface area contributed by atoms with Gasteiger partial charge < -0.3 is 4.90 Å². The van der Waals surface area contributed by atoms with E-state index < -0.39 is 0 Å². The molecule has 7 heteroatoms. The first-order valence-corrected chi connectivity index (χ1v) is 13.6. The van der Waals surface area contributed by atoms with E-state index in [4.69, 9.17) is 0 Å². The van der Waals surface area contributed by atoms with Crippen molar-refractivity contribution < 1.29 is 4.79 Å². The van der Waals surface area contributed by atoms with Gasteiger partial charge in [-0.1, -0.05) is 42.5 Å². The van der Waals surface area contributed by atoms with Crippen molar-refractivity contribution in [2.45, 2.75) is 82.0 Å². The minimum atomic E-state index is 0.193. The zero-order valence-electron chi connectivity index (χ0n) is 19.7. The normalized spacial score (nSPS) is 20.3. The Kier molecular flexibility index (Phi) is 7.16. The number of amides is 1. The molecule has 1 atom stereocenters. The van der Waals surface area contributed by atoms with Gasteiger partial charge in [0.25, 0.3) is 0 Å². The lowest BCUT2D eigenvalue weighted by atomic mass is 10.0. The first-order chi connectivity index (χ1) is 16.2. The number of nitrogens with zero attached hydrogens (tertiary/aromatic N) is 5. The third-order valence-corrected chi connectivity index (χ3v) is 7.98. The van der Waals surface area contributed by atoms with Crippen LogP contribution < -0.4 is 0 Å². The van der Waals surface area contributed by atoms with E-state index in [-0.39, 0.29) is 11.9 Å². The summed E-state index contributed by atoms with van der Waals surface area (Å²) in [6.07, 6.45) is 12.9. The lowest BCUT2D eigenvalue weighted by Crippen LogP contribution is -2.34. The monoisotopic (exact) mass is 465 g/mol. The van der Waals surface area contributed by atoms with Gasteiger partial charge in [0.05, 0.1) is 11.8 Å². The van der Waals surface area contributed by atoms with E-state index in [2.05, 4.69) is 61.8 Å². The number of piperidine rings is 1. The van der Waals surface area contributed by atoms with Gasteiger partial charge in [-0.3, -0.25) is 14.3 Å². The van der Waals surface area contributed by atoms with Crippen LogP contribution in [0.3, 0.4) is 0 Å². The van der Waals surface area contributed by atoms with E-state index in [0.29, 0.717) is 11.8 Å². The average Bonchev–Trinajstić information content (AvgIpc) is 3.61.